The summed E-state index contributed by atoms with van der Waals surface area (Å²) < 4.78 is 0. The zero-order chi connectivity index (χ0) is 20.9. The van der Waals surface area contributed by atoms with Crippen LogP contribution < -0.4 is 11.5 Å². The third-order valence-electron chi connectivity index (χ3n) is 6.62. The Kier molecular flexibility index (Phi) is 6.36. The third kappa shape index (κ3) is 5.02. The van der Waals surface area contributed by atoms with Crippen LogP contribution in [0.2, 0.25) is 0 Å². The van der Waals surface area contributed by atoms with Crippen molar-refractivity contribution in [1.82, 2.24) is 4.90 Å². The molecule has 1 amide bonds. The summed E-state index contributed by atoms with van der Waals surface area (Å²) in [4.78, 5) is 19.8. The summed E-state index contributed by atoms with van der Waals surface area (Å²) in [6.45, 7) is 1.57. The van der Waals surface area contributed by atoms with Crippen molar-refractivity contribution >= 4 is 11.9 Å². The van der Waals surface area contributed by atoms with Gasteiger partial charge >= 0.3 is 0 Å². The second-order valence-electron chi connectivity index (χ2n) is 8.80. The SMILES string of the molecule is NC(N)=NCC1CCC(CN(C(=O)c2ccccc2)C2CC2c2ccccc2)CC1. The van der Waals surface area contributed by atoms with E-state index in [1.54, 1.807) is 0 Å². The molecule has 5 heteroatoms. The summed E-state index contributed by atoms with van der Waals surface area (Å²) in [5.74, 6) is 1.90. The van der Waals surface area contributed by atoms with Gasteiger partial charge in [-0.05, 0) is 61.6 Å². The molecule has 5 nitrogen and oxygen atoms in total. The molecule has 4 rings (SSSR count). The first-order chi connectivity index (χ1) is 14.6. The van der Waals surface area contributed by atoms with Gasteiger partial charge in [0.05, 0.1) is 0 Å². The van der Waals surface area contributed by atoms with Crippen molar-refractivity contribution in [3.8, 4) is 0 Å². The van der Waals surface area contributed by atoms with Crippen LogP contribution in [0.5, 0.6) is 0 Å². The normalized spacial score (nSPS) is 25.3. The Balaban J connectivity index is 1.43. The van der Waals surface area contributed by atoms with Gasteiger partial charge in [-0.2, -0.15) is 0 Å². The number of guanidine groups is 1. The van der Waals surface area contributed by atoms with E-state index in [0.717, 1.165) is 50.8 Å². The molecule has 0 aliphatic heterocycles. The molecular formula is C25H32N4O. The van der Waals surface area contributed by atoms with Gasteiger partial charge in [-0.15, -0.1) is 0 Å². The van der Waals surface area contributed by atoms with Gasteiger partial charge in [-0.3, -0.25) is 9.79 Å². The van der Waals surface area contributed by atoms with E-state index in [1.165, 1.54) is 5.56 Å². The number of rotatable bonds is 7. The standard InChI is InChI=1S/C25H32N4O/c26-25(27)28-16-18-11-13-19(14-12-18)17-29(24(30)21-9-5-2-6-10-21)23-15-22(23)20-7-3-1-4-8-20/h1-10,18-19,22-23H,11-17H2,(H4,26,27,28). The summed E-state index contributed by atoms with van der Waals surface area (Å²) in [6, 6.07) is 20.6. The quantitative estimate of drug-likeness (QED) is 0.544. The maximum absolute atomic E-state index is 13.4. The molecule has 2 aromatic carbocycles. The van der Waals surface area contributed by atoms with Crippen LogP contribution in [0.4, 0.5) is 0 Å². The van der Waals surface area contributed by atoms with Crippen LogP contribution >= 0.6 is 0 Å². The van der Waals surface area contributed by atoms with Gasteiger partial charge in [0.15, 0.2) is 5.96 Å². The van der Waals surface area contributed by atoms with E-state index >= 15 is 0 Å². The van der Waals surface area contributed by atoms with Crippen molar-refractivity contribution in [2.45, 2.75) is 44.1 Å². The van der Waals surface area contributed by atoms with Gasteiger partial charge in [0, 0.05) is 30.6 Å². The van der Waals surface area contributed by atoms with E-state index in [9.17, 15) is 4.79 Å². The van der Waals surface area contributed by atoms with E-state index < -0.39 is 0 Å². The largest absolute Gasteiger partial charge is 0.370 e. The van der Waals surface area contributed by atoms with Crippen LogP contribution in [0.15, 0.2) is 65.7 Å². The van der Waals surface area contributed by atoms with Gasteiger partial charge in [0.1, 0.15) is 0 Å². The maximum Gasteiger partial charge on any atom is 0.254 e. The van der Waals surface area contributed by atoms with Crippen LogP contribution in [-0.2, 0) is 0 Å². The minimum Gasteiger partial charge on any atom is -0.370 e. The fourth-order valence-electron chi connectivity index (χ4n) is 4.81. The van der Waals surface area contributed by atoms with Gasteiger partial charge < -0.3 is 16.4 Å². The topological polar surface area (TPSA) is 84.7 Å². The molecule has 0 radical (unpaired) electrons. The second-order valence-corrected chi connectivity index (χ2v) is 8.80. The Labute approximate surface area is 179 Å². The molecule has 2 fully saturated rings. The highest BCUT2D eigenvalue weighted by molar-refractivity contribution is 5.94. The summed E-state index contributed by atoms with van der Waals surface area (Å²) in [6.07, 6.45) is 5.57. The Bertz CT molecular complexity index is 855. The summed E-state index contributed by atoms with van der Waals surface area (Å²) in [5.41, 5.74) is 13.1. The predicted octanol–water partition coefficient (Wildman–Crippen LogP) is 3.76. The van der Waals surface area contributed by atoms with E-state index in [2.05, 4.69) is 40.2 Å². The van der Waals surface area contributed by atoms with Crippen molar-refractivity contribution in [1.29, 1.82) is 0 Å². The molecule has 0 bridgehead atoms. The molecular weight excluding hydrogens is 372 g/mol. The Morgan fingerprint density at radius 1 is 0.900 bits per heavy atom. The monoisotopic (exact) mass is 404 g/mol. The van der Waals surface area contributed by atoms with E-state index in [0.29, 0.717) is 23.8 Å². The molecule has 0 saturated heterocycles. The molecule has 158 valence electrons. The molecule has 2 saturated carbocycles. The van der Waals surface area contributed by atoms with Crippen LogP contribution in [-0.4, -0.2) is 35.9 Å². The highest BCUT2D eigenvalue weighted by atomic mass is 16.2. The van der Waals surface area contributed by atoms with Gasteiger partial charge in [-0.25, -0.2) is 0 Å². The number of hydrogen-bond acceptors (Lipinski definition) is 2. The highest BCUT2D eigenvalue weighted by Gasteiger charge is 2.45. The lowest BCUT2D eigenvalue weighted by molar-refractivity contribution is 0.0687. The lowest BCUT2D eigenvalue weighted by Gasteiger charge is -2.33. The lowest BCUT2D eigenvalue weighted by atomic mass is 9.81. The predicted molar refractivity (Wildman–Crippen MR) is 121 cm³/mol. The van der Waals surface area contributed by atoms with Crippen molar-refractivity contribution in [2.75, 3.05) is 13.1 Å². The summed E-state index contributed by atoms with van der Waals surface area (Å²) >= 11 is 0. The third-order valence-corrected chi connectivity index (χ3v) is 6.62. The first-order valence-electron chi connectivity index (χ1n) is 11.1. The minimum atomic E-state index is 0.168. The van der Waals surface area contributed by atoms with Crippen molar-refractivity contribution in [3.63, 3.8) is 0 Å². The number of amides is 1. The van der Waals surface area contributed by atoms with E-state index in [4.69, 9.17) is 11.5 Å². The van der Waals surface area contributed by atoms with Crippen LogP contribution in [0.25, 0.3) is 0 Å². The zero-order valence-electron chi connectivity index (χ0n) is 17.5. The number of aliphatic imine (C=N–C) groups is 1. The Morgan fingerprint density at radius 2 is 1.50 bits per heavy atom. The van der Waals surface area contributed by atoms with Gasteiger partial charge in [-0.1, -0.05) is 48.5 Å². The van der Waals surface area contributed by atoms with Crippen LogP contribution in [0.3, 0.4) is 0 Å². The first-order valence-corrected chi connectivity index (χ1v) is 11.1. The molecule has 2 unspecified atom stereocenters. The number of hydrogen-bond donors (Lipinski definition) is 2. The van der Waals surface area contributed by atoms with Gasteiger partial charge in [0.2, 0.25) is 0 Å². The Hall–Kier alpha value is -2.82. The molecule has 2 aliphatic carbocycles. The maximum atomic E-state index is 13.4. The fraction of sp³-hybridized carbons (Fsp3) is 0.440. The smallest absolute Gasteiger partial charge is 0.254 e. The highest BCUT2D eigenvalue weighted by Crippen LogP contribution is 2.46. The second kappa shape index (κ2) is 9.33. The van der Waals surface area contributed by atoms with E-state index in [-0.39, 0.29) is 11.9 Å². The molecule has 0 spiro atoms. The van der Waals surface area contributed by atoms with Crippen LogP contribution in [0.1, 0.15) is 53.9 Å². The average molecular weight is 405 g/mol. The number of carbonyl (C=O) groups excluding carboxylic acids is 1. The van der Waals surface area contributed by atoms with Crippen molar-refractivity contribution in [2.24, 2.45) is 28.3 Å². The molecule has 0 aromatic heterocycles. The summed E-state index contributed by atoms with van der Waals surface area (Å²) in [7, 11) is 0. The van der Waals surface area contributed by atoms with E-state index in [1.807, 2.05) is 30.3 Å². The average Bonchev–Trinajstić information content (AvgIpc) is 3.58. The van der Waals surface area contributed by atoms with Crippen molar-refractivity contribution in [3.05, 3.63) is 71.8 Å². The number of benzene rings is 2. The lowest BCUT2D eigenvalue weighted by Crippen LogP contribution is -2.39. The number of nitrogens with zero attached hydrogens (tertiary/aromatic N) is 2. The fourth-order valence-corrected chi connectivity index (χ4v) is 4.81. The molecule has 2 atom stereocenters. The summed E-state index contributed by atoms with van der Waals surface area (Å²) in [5, 5.41) is 0. The Morgan fingerprint density at radius 3 is 2.13 bits per heavy atom. The minimum absolute atomic E-state index is 0.168. The number of carbonyl (C=O) groups is 1. The van der Waals surface area contributed by atoms with Crippen LogP contribution in [0, 0.1) is 11.8 Å². The van der Waals surface area contributed by atoms with Gasteiger partial charge in [0.25, 0.3) is 5.91 Å². The molecule has 0 heterocycles. The first kappa shape index (κ1) is 20.5. The molecule has 2 aliphatic rings. The molecule has 2 aromatic rings. The number of nitrogens with two attached hydrogens (primary N) is 2. The van der Waals surface area contributed by atoms with Crippen molar-refractivity contribution < 1.29 is 4.79 Å². The molecule has 30 heavy (non-hydrogen) atoms. The molecule has 4 N–H and O–H groups in total. The zero-order valence-corrected chi connectivity index (χ0v) is 17.5.